The van der Waals surface area contributed by atoms with Crippen LogP contribution in [0.5, 0.6) is 0 Å². The van der Waals surface area contributed by atoms with Crippen molar-refractivity contribution in [2.45, 2.75) is 6.54 Å². The van der Waals surface area contributed by atoms with Gasteiger partial charge in [0.15, 0.2) is 0 Å². The molecule has 0 unspecified atom stereocenters. The fraction of sp³-hybridized carbons (Fsp3) is 0.143. The van der Waals surface area contributed by atoms with Crippen LogP contribution in [-0.2, 0) is 6.54 Å². The van der Waals surface area contributed by atoms with E-state index in [2.05, 4.69) is 0 Å². The van der Waals surface area contributed by atoms with Gasteiger partial charge < -0.3 is 0 Å². The van der Waals surface area contributed by atoms with Gasteiger partial charge in [-0.25, -0.2) is 0 Å². The Kier molecular flexibility index (Phi) is 2.77. The van der Waals surface area contributed by atoms with Gasteiger partial charge >= 0.3 is 70.0 Å². The summed E-state index contributed by atoms with van der Waals surface area (Å²) in [6, 6.07) is 6.24. The molecular formula is C7H12NO3P. The first-order chi connectivity index (χ1) is 5.54. The molecule has 0 aliphatic heterocycles. The molecule has 12 heavy (non-hydrogen) atoms. The van der Waals surface area contributed by atoms with Crippen molar-refractivity contribution in [2.24, 2.45) is 5.73 Å². The molecule has 1 aromatic rings. The van der Waals surface area contributed by atoms with Crippen LogP contribution in [0.25, 0.3) is 0 Å². The van der Waals surface area contributed by atoms with E-state index >= 15 is 0 Å². The molecule has 0 radical (unpaired) electrons. The Morgan fingerprint density at radius 1 is 1.08 bits per heavy atom. The van der Waals surface area contributed by atoms with Crippen molar-refractivity contribution >= 4 is 13.2 Å². The Morgan fingerprint density at radius 3 is 1.92 bits per heavy atom. The van der Waals surface area contributed by atoms with E-state index in [9.17, 15) is 0 Å². The zero-order valence-electron chi connectivity index (χ0n) is 6.44. The molecule has 0 aliphatic carbocycles. The molecule has 0 aromatic heterocycles. The number of rotatable bonds is 2. The number of hydrogen-bond donors (Lipinski definition) is 4. The van der Waals surface area contributed by atoms with Crippen LogP contribution in [0.3, 0.4) is 0 Å². The molecule has 1 rings (SSSR count). The minimum absolute atomic E-state index is 0.166. The van der Waals surface area contributed by atoms with Crippen LogP contribution < -0.4 is 11.0 Å². The average molecular weight is 189 g/mol. The zero-order valence-corrected chi connectivity index (χ0v) is 7.44. The van der Waals surface area contributed by atoms with E-state index in [1.807, 2.05) is 0 Å². The Balaban J connectivity index is 2.93. The summed E-state index contributed by atoms with van der Waals surface area (Å²) < 4.78 is 0. The van der Waals surface area contributed by atoms with Crippen LogP contribution in [0.1, 0.15) is 5.56 Å². The molecule has 0 heterocycles. The predicted octanol–water partition coefficient (Wildman–Crippen LogP) is -0.758. The van der Waals surface area contributed by atoms with Crippen molar-refractivity contribution in [1.82, 2.24) is 0 Å². The molecule has 1 aromatic carbocycles. The van der Waals surface area contributed by atoms with Gasteiger partial charge in [-0.05, 0) is 0 Å². The van der Waals surface area contributed by atoms with E-state index in [0.717, 1.165) is 5.56 Å². The third kappa shape index (κ3) is 2.24. The van der Waals surface area contributed by atoms with E-state index in [-0.39, 0.29) is 5.30 Å². The van der Waals surface area contributed by atoms with Gasteiger partial charge in [-0.1, -0.05) is 0 Å². The first-order valence-electron chi connectivity index (χ1n) is 3.50. The Hall–Kier alpha value is -0.510. The minimum atomic E-state index is -4.11. The standard InChI is InChI=1S/C7H12NO3P/c8-5-6-1-3-7(4-2-6)12(9,10)11/h1-4,9-12H,5,8H2. The maximum absolute atomic E-state index is 8.87. The summed E-state index contributed by atoms with van der Waals surface area (Å²) in [7, 11) is -4.11. The van der Waals surface area contributed by atoms with Crippen molar-refractivity contribution in [1.29, 1.82) is 0 Å². The van der Waals surface area contributed by atoms with Gasteiger partial charge in [0.25, 0.3) is 0 Å². The predicted molar refractivity (Wildman–Crippen MR) is 48.9 cm³/mol. The van der Waals surface area contributed by atoms with Gasteiger partial charge in [0.2, 0.25) is 0 Å². The molecule has 0 atom stereocenters. The second-order valence-electron chi connectivity index (χ2n) is 2.54. The van der Waals surface area contributed by atoms with Crippen LogP contribution in [-0.4, -0.2) is 14.7 Å². The Morgan fingerprint density at radius 2 is 1.58 bits per heavy atom. The molecule has 0 saturated carbocycles. The molecule has 0 aliphatic rings. The maximum atomic E-state index is 8.87. The molecule has 68 valence electrons. The Labute approximate surface area is 70.9 Å². The van der Waals surface area contributed by atoms with Crippen LogP contribution in [0.15, 0.2) is 24.3 Å². The van der Waals surface area contributed by atoms with E-state index in [0.29, 0.717) is 6.54 Å². The summed E-state index contributed by atoms with van der Waals surface area (Å²) in [6.45, 7) is 0.400. The van der Waals surface area contributed by atoms with Crippen LogP contribution in [0.4, 0.5) is 0 Å². The van der Waals surface area contributed by atoms with E-state index < -0.39 is 7.94 Å². The van der Waals surface area contributed by atoms with Crippen molar-refractivity contribution in [2.75, 3.05) is 0 Å². The first kappa shape index (κ1) is 9.58. The summed E-state index contributed by atoms with van der Waals surface area (Å²) in [5, 5.41) is 0.166. The molecule has 5 heteroatoms. The summed E-state index contributed by atoms with van der Waals surface area (Å²) >= 11 is 0. The van der Waals surface area contributed by atoms with Gasteiger partial charge in [-0.2, -0.15) is 0 Å². The average Bonchev–Trinajstić information content (AvgIpc) is 2.03. The normalized spacial score (nSPS) is 13.0. The molecule has 0 spiro atoms. The van der Waals surface area contributed by atoms with Gasteiger partial charge in [0.1, 0.15) is 0 Å². The SMILES string of the molecule is NCc1ccc([PH](O)(O)O)cc1. The van der Waals surface area contributed by atoms with Crippen molar-refractivity contribution < 1.29 is 14.7 Å². The van der Waals surface area contributed by atoms with Gasteiger partial charge in [0.05, 0.1) is 0 Å². The van der Waals surface area contributed by atoms with E-state index in [1.165, 1.54) is 12.1 Å². The van der Waals surface area contributed by atoms with Crippen molar-refractivity contribution in [3.8, 4) is 0 Å². The number of benzene rings is 1. The topological polar surface area (TPSA) is 86.7 Å². The third-order valence-electron chi connectivity index (χ3n) is 1.58. The molecular weight excluding hydrogens is 177 g/mol. The van der Waals surface area contributed by atoms with Crippen LogP contribution in [0.2, 0.25) is 0 Å². The van der Waals surface area contributed by atoms with Crippen molar-refractivity contribution in [3.05, 3.63) is 29.8 Å². The summed E-state index contributed by atoms with van der Waals surface area (Å²) in [5.41, 5.74) is 6.22. The van der Waals surface area contributed by atoms with Crippen LogP contribution in [0, 0.1) is 0 Å². The zero-order chi connectivity index (χ0) is 9.19. The molecule has 0 bridgehead atoms. The summed E-state index contributed by atoms with van der Waals surface area (Å²) in [5.74, 6) is 0. The van der Waals surface area contributed by atoms with Crippen LogP contribution >= 0.6 is 7.94 Å². The quantitative estimate of drug-likeness (QED) is 0.461. The molecule has 0 fully saturated rings. The molecule has 4 nitrogen and oxygen atoms in total. The summed E-state index contributed by atoms with van der Waals surface area (Å²) in [4.78, 5) is 26.6. The molecule has 5 N–H and O–H groups in total. The number of nitrogens with two attached hydrogens (primary N) is 1. The fourth-order valence-electron chi connectivity index (χ4n) is 0.864. The Bertz CT molecular complexity index is 254. The second kappa shape index (κ2) is 3.47. The van der Waals surface area contributed by atoms with Gasteiger partial charge in [-0.15, -0.1) is 0 Å². The molecule has 0 amide bonds. The molecule has 0 saturated heterocycles. The van der Waals surface area contributed by atoms with E-state index in [4.69, 9.17) is 20.4 Å². The van der Waals surface area contributed by atoms with Crippen molar-refractivity contribution in [3.63, 3.8) is 0 Å². The van der Waals surface area contributed by atoms with Gasteiger partial charge in [0, 0.05) is 0 Å². The van der Waals surface area contributed by atoms with E-state index in [1.54, 1.807) is 12.1 Å². The van der Waals surface area contributed by atoms with Gasteiger partial charge in [-0.3, -0.25) is 0 Å². The fourth-order valence-corrected chi connectivity index (χ4v) is 1.48. The first-order valence-corrected chi connectivity index (χ1v) is 5.35. The third-order valence-corrected chi connectivity index (χ3v) is 2.68. The second-order valence-corrected chi connectivity index (χ2v) is 4.38. The monoisotopic (exact) mass is 189 g/mol. The summed E-state index contributed by atoms with van der Waals surface area (Å²) in [6.07, 6.45) is 0. The number of hydrogen-bond acceptors (Lipinski definition) is 4.